The number of nitrogens with zero attached hydrogens (tertiary/aromatic N) is 1. The van der Waals surface area contributed by atoms with Crippen molar-refractivity contribution in [2.24, 2.45) is 39.9 Å². The molecule has 7 heteroatoms. The topological polar surface area (TPSA) is 96.3 Å². The maximum absolute atomic E-state index is 14.7. The van der Waals surface area contributed by atoms with Crippen LogP contribution in [-0.2, 0) is 21.7 Å². The van der Waals surface area contributed by atoms with Crippen LogP contribution < -0.4 is 9.47 Å². The van der Waals surface area contributed by atoms with Crippen LogP contribution in [-0.4, -0.2) is 53.7 Å². The number of ketones is 1. The van der Waals surface area contributed by atoms with Gasteiger partial charge in [-0.05, 0) is 73.0 Å². The summed E-state index contributed by atoms with van der Waals surface area (Å²) >= 11 is 0. The lowest BCUT2D eigenvalue weighted by molar-refractivity contribution is -0.159. The van der Waals surface area contributed by atoms with Crippen LogP contribution in [0.5, 0.6) is 11.5 Å². The normalized spacial score (nSPS) is 43.7. The number of aliphatic hydroxyl groups is 2. The van der Waals surface area contributed by atoms with Crippen LogP contribution in [0.4, 0.5) is 0 Å². The Balaban J connectivity index is 1.37. The van der Waals surface area contributed by atoms with Gasteiger partial charge in [0.1, 0.15) is 11.2 Å². The number of hydrogen-bond acceptors (Lipinski definition) is 6. The first kappa shape index (κ1) is 23.7. The highest BCUT2D eigenvalue weighted by atomic mass is 16.5. The number of Topliss-reactive ketones (excluding diaryl/α,β-unsaturated/α-hetero) is 1. The Hall–Kier alpha value is -2.38. The average molecular weight is 508 g/mol. The first-order valence-corrected chi connectivity index (χ1v) is 13.8. The lowest BCUT2D eigenvalue weighted by Crippen LogP contribution is -2.52. The molecule has 1 amide bonds. The molecule has 0 unspecified atom stereocenters. The molecule has 1 aromatic rings. The van der Waals surface area contributed by atoms with Crippen LogP contribution in [0.1, 0.15) is 57.1 Å². The summed E-state index contributed by atoms with van der Waals surface area (Å²) in [6, 6.07) is 3.70. The molecule has 37 heavy (non-hydrogen) atoms. The number of hydrogen-bond donors (Lipinski definition) is 2. The molecule has 198 valence electrons. The summed E-state index contributed by atoms with van der Waals surface area (Å²) in [7, 11) is 3.15. The molecular weight excluding hydrogens is 470 g/mol. The zero-order valence-corrected chi connectivity index (χ0v) is 22.1. The van der Waals surface area contributed by atoms with Gasteiger partial charge in [0.2, 0.25) is 5.91 Å². The lowest BCUT2D eigenvalue weighted by Gasteiger charge is -2.45. The molecule has 0 radical (unpaired) electrons. The molecule has 2 heterocycles. The van der Waals surface area contributed by atoms with Gasteiger partial charge in [-0.25, -0.2) is 0 Å². The zero-order valence-electron chi connectivity index (χ0n) is 22.1. The Labute approximate surface area is 217 Å². The predicted molar refractivity (Wildman–Crippen MR) is 135 cm³/mol. The highest BCUT2D eigenvalue weighted by molar-refractivity contribution is 6.10. The average Bonchev–Trinajstić information content (AvgIpc) is 3.62. The summed E-state index contributed by atoms with van der Waals surface area (Å²) in [4.78, 5) is 30.8. The standard InChI is InChI=1S/C30H37NO6/c1-27(2)18-7-9-28(27,23(32)13-18)15-24(33)29-19-6-5-17(11-19)25(29)30(35)20-14-22(37-4)21(36-3)12-16(20)8-10-31(30)26(29)34/h5-6,12,14,17-19,23,25,32,35H,7-11,13,15H2,1-4H3/t17-,18-,19+,23-,25-,28-,29-,30-/m1/s1. The number of methoxy groups -OCH3 is 2. The van der Waals surface area contributed by atoms with E-state index in [2.05, 4.69) is 19.9 Å². The monoisotopic (exact) mass is 507 g/mol. The Morgan fingerprint density at radius 1 is 1.14 bits per heavy atom. The van der Waals surface area contributed by atoms with E-state index in [4.69, 9.17) is 9.47 Å². The quantitative estimate of drug-likeness (QED) is 0.469. The Morgan fingerprint density at radius 2 is 1.86 bits per heavy atom. The van der Waals surface area contributed by atoms with E-state index in [-0.39, 0.29) is 35.4 Å². The second-order valence-corrected chi connectivity index (χ2v) is 13.0. The SMILES string of the molecule is COc1cc2c(cc1OC)[C@@]1(O)[C@@H]3[C@@H]4C=C[C@@H](C4)[C@]3(C(=O)C[C@]34CC[C@H](C[C@H]3O)C4(C)C)C(=O)N1CC2. The summed E-state index contributed by atoms with van der Waals surface area (Å²) in [6.07, 6.45) is 7.62. The third-order valence-electron chi connectivity index (χ3n) is 12.0. The molecule has 1 saturated heterocycles. The van der Waals surface area contributed by atoms with E-state index in [0.717, 1.165) is 24.8 Å². The van der Waals surface area contributed by atoms with Crippen LogP contribution in [0, 0.1) is 39.9 Å². The van der Waals surface area contributed by atoms with E-state index in [1.807, 2.05) is 12.1 Å². The van der Waals surface area contributed by atoms with Crippen molar-refractivity contribution in [2.45, 2.75) is 64.2 Å². The maximum Gasteiger partial charge on any atom is 0.239 e. The molecule has 2 aliphatic heterocycles. The molecular formula is C30H37NO6. The van der Waals surface area contributed by atoms with Crippen LogP contribution in [0.25, 0.3) is 0 Å². The van der Waals surface area contributed by atoms with Gasteiger partial charge in [-0.1, -0.05) is 26.0 Å². The first-order valence-electron chi connectivity index (χ1n) is 13.8. The van der Waals surface area contributed by atoms with Gasteiger partial charge < -0.3 is 24.6 Å². The molecule has 6 aliphatic rings. The predicted octanol–water partition coefficient (Wildman–Crippen LogP) is 3.20. The van der Waals surface area contributed by atoms with Crippen molar-refractivity contribution in [2.75, 3.05) is 20.8 Å². The van der Waals surface area contributed by atoms with Gasteiger partial charge in [0, 0.05) is 29.9 Å². The summed E-state index contributed by atoms with van der Waals surface area (Å²) < 4.78 is 11.1. The van der Waals surface area contributed by atoms with Gasteiger partial charge in [0.15, 0.2) is 17.2 Å². The molecule has 0 aromatic heterocycles. The van der Waals surface area contributed by atoms with Crippen LogP contribution in [0.2, 0.25) is 0 Å². The number of benzene rings is 1. The van der Waals surface area contributed by atoms with Gasteiger partial charge in [-0.2, -0.15) is 0 Å². The van der Waals surface area contributed by atoms with E-state index in [1.165, 1.54) is 0 Å². The molecule has 7 nitrogen and oxygen atoms in total. The van der Waals surface area contributed by atoms with Crippen molar-refractivity contribution in [3.8, 4) is 11.5 Å². The van der Waals surface area contributed by atoms with E-state index in [1.54, 1.807) is 25.2 Å². The van der Waals surface area contributed by atoms with E-state index in [0.29, 0.717) is 42.4 Å². The molecule has 3 saturated carbocycles. The highest BCUT2D eigenvalue weighted by Crippen LogP contribution is 2.72. The summed E-state index contributed by atoms with van der Waals surface area (Å²) in [5.74, 6) is 0.300. The van der Waals surface area contributed by atoms with Gasteiger partial charge in [-0.15, -0.1) is 0 Å². The molecule has 8 atom stereocenters. The number of allylic oxidation sites excluding steroid dienone is 2. The minimum Gasteiger partial charge on any atom is -0.493 e. The van der Waals surface area contributed by atoms with Crippen LogP contribution in [0.15, 0.2) is 24.3 Å². The maximum atomic E-state index is 14.7. The van der Waals surface area contributed by atoms with Crippen molar-refractivity contribution >= 4 is 11.7 Å². The van der Waals surface area contributed by atoms with Gasteiger partial charge >= 0.3 is 0 Å². The van der Waals surface area contributed by atoms with Gasteiger partial charge in [0.05, 0.1) is 20.3 Å². The molecule has 2 N–H and O–H groups in total. The number of carbonyl (C=O) groups is 2. The van der Waals surface area contributed by atoms with Crippen molar-refractivity contribution in [3.63, 3.8) is 0 Å². The molecule has 7 rings (SSSR count). The summed E-state index contributed by atoms with van der Waals surface area (Å²) in [5.41, 5.74) is -2.00. The van der Waals surface area contributed by atoms with Crippen LogP contribution >= 0.6 is 0 Å². The van der Waals surface area contributed by atoms with Crippen molar-refractivity contribution in [3.05, 3.63) is 35.4 Å². The fraction of sp³-hybridized carbons (Fsp3) is 0.667. The molecule has 0 spiro atoms. The van der Waals surface area contributed by atoms with E-state index in [9.17, 15) is 19.8 Å². The molecule has 1 aromatic carbocycles. The van der Waals surface area contributed by atoms with Gasteiger partial charge in [0.25, 0.3) is 0 Å². The fourth-order valence-corrected chi connectivity index (χ4v) is 10.0. The summed E-state index contributed by atoms with van der Waals surface area (Å²) in [6.45, 7) is 4.73. The van der Waals surface area contributed by atoms with Crippen molar-refractivity contribution < 1.29 is 29.3 Å². The van der Waals surface area contributed by atoms with Crippen molar-refractivity contribution in [1.29, 1.82) is 0 Å². The number of rotatable bonds is 5. The number of aliphatic hydroxyl groups excluding tert-OH is 1. The Morgan fingerprint density at radius 3 is 2.51 bits per heavy atom. The van der Waals surface area contributed by atoms with Crippen molar-refractivity contribution in [1.82, 2.24) is 4.90 Å². The zero-order chi connectivity index (χ0) is 26.1. The fourth-order valence-electron chi connectivity index (χ4n) is 10.0. The van der Waals surface area contributed by atoms with Crippen LogP contribution in [0.3, 0.4) is 0 Å². The second kappa shape index (κ2) is 7.17. The number of fused-ring (bicyclic) bond motifs is 11. The summed E-state index contributed by atoms with van der Waals surface area (Å²) in [5, 5.41) is 23.8. The number of carbonyl (C=O) groups excluding carboxylic acids is 2. The number of ether oxygens (including phenoxy) is 2. The highest BCUT2D eigenvalue weighted by Gasteiger charge is 2.79. The Kier molecular flexibility index (Phi) is 4.60. The largest absolute Gasteiger partial charge is 0.493 e. The lowest BCUT2D eigenvalue weighted by atomic mass is 9.58. The number of amides is 1. The molecule has 4 fully saturated rings. The molecule has 4 aliphatic carbocycles. The Bertz CT molecular complexity index is 1250. The second-order valence-electron chi connectivity index (χ2n) is 13.0. The minimum absolute atomic E-state index is 0.0673. The van der Waals surface area contributed by atoms with Gasteiger partial charge in [-0.3, -0.25) is 9.59 Å². The third-order valence-corrected chi connectivity index (χ3v) is 12.0. The first-order chi connectivity index (χ1) is 17.6. The molecule has 4 bridgehead atoms. The van der Waals surface area contributed by atoms with E-state index < -0.39 is 28.6 Å². The minimum atomic E-state index is -1.59. The smallest absolute Gasteiger partial charge is 0.239 e. The third kappa shape index (κ3) is 2.43. The van der Waals surface area contributed by atoms with E-state index >= 15 is 0 Å².